The van der Waals surface area contributed by atoms with Crippen molar-refractivity contribution >= 4 is 22.8 Å². The van der Waals surface area contributed by atoms with Crippen molar-refractivity contribution in [3.8, 4) is 5.69 Å². The highest BCUT2D eigenvalue weighted by Crippen LogP contribution is 2.24. The molecule has 0 N–H and O–H groups in total. The van der Waals surface area contributed by atoms with Gasteiger partial charge in [0, 0.05) is 17.6 Å². The van der Waals surface area contributed by atoms with E-state index in [0.717, 1.165) is 33.8 Å². The van der Waals surface area contributed by atoms with Gasteiger partial charge in [0.05, 0.1) is 24.9 Å². The van der Waals surface area contributed by atoms with E-state index in [1.165, 1.54) is 0 Å². The van der Waals surface area contributed by atoms with Crippen molar-refractivity contribution in [2.75, 3.05) is 11.5 Å². The summed E-state index contributed by atoms with van der Waals surface area (Å²) in [5.41, 5.74) is 4.64. The molecule has 0 fully saturated rings. The summed E-state index contributed by atoms with van der Waals surface area (Å²) in [6.45, 7) is 4.55. The van der Waals surface area contributed by atoms with E-state index in [4.69, 9.17) is 4.74 Å². The molecule has 2 aromatic heterocycles. The maximum atomic E-state index is 12.6. The second-order valence-electron chi connectivity index (χ2n) is 6.65. The molecule has 0 aliphatic heterocycles. The highest BCUT2D eigenvalue weighted by atomic mass is 16.6. The van der Waals surface area contributed by atoms with Crippen LogP contribution in [0.2, 0.25) is 0 Å². The Morgan fingerprint density at radius 1 is 1.07 bits per heavy atom. The average molecular weight is 386 g/mol. The maximum absolute atomic E-state index is 12.6. The lowest BCUT2D eigenvalue weighted by Crippen LogP contribution is -2.31. The van der Waals surface area contributed by atoms with Gasteiger partial charge in [0.15, 0.2) is 0 Å². The molecule has 4 aromatic rings. The minimum absolute atomic E-state index is 0.330. The van der Waals surface area contributed by atoms with Gasteiger partial charge in [-0.25, -0.2) is 9.78 Å². The van der Waals surface area contributed by atoms with E-state index in [9.17, 15) is 4.79 Å². The van der Waals surface area contributed by atoms with E-state index >= 15 is 0 Å². The molecule has 0 saturated carbocycles. The summed E-state index contributed by atoms with van der Waals surface area (Å²) >= 11 is 0. The van der Waals surface area contributed by atoms with E-state index in [1.807, 2.05) is 74.5 Å². The number of fused-ring (bicyclic) bond motifs is 1. The number of rotatable bonds is 5. The Kier molecular flexibility index (Phi) is 5.24. The smallest absolute Gasteiger partial charge is 0.414 e. The van der Waals surface area contributed by atoms with Crippen LogP contribution in [0.5, 0.6) is 0 Å². The van der Waals surface area contributed by atoms with Crippen LogP contribution in [0.3, 0.4) is 0 Å². The van der Waals surface area contributed by atoms with Gasteiger partial charge in [-0.05, 0) is 49.7 Å². The molecule has 0 atom stereocenters. The fourth-order valence-corrected chi connectivity index (χ4v) is 3.39. The van der Waals surface area contributed by atoms with E-state index < -0.39 is 0 Å². The molecule has 0 saturated heterocycles. The zero-order valence-electron chi connectivity index (χ0n) is 16.4. The van der Waals surface area contributed by atoms with E-state index in [2.05, 4.69) is 14.5 Å². The first-order valence-corrected chi connectivity index (χ1v) is 9.55. The van der Waals surface area contributed by atoms with E-state index in [0.29, 0.717) is 13.2 Å². The van der Waals surface area contributed by atoms with Crippen molar-refractivity contribution in [3.05, 3.63) is 84.4 Å². The topological polar surface area (TPSA) is 60.2 Å². The number of hydrogen-bond acceptors (Lipinski definition) is 4. The largest absolute Gasteiger partial charge is 0.449 e. The summed E-state index contributed by atoms with van der Waals surface area (Å²) in [6, 6.07) is 19.7. The molecule has 0 aliphatic carbocycles. The normalized spacial score (nSPS) is 10.8. The van der Waals surface area contributed by atoms with Gasteiger partial charge >= 0.3 is 6.09 Å². The fourth-order valence-electron chi connectivity index (χ4n) is 3.39. The lowest BCUT2D eigenvalue weighted by Gasteiger charge is -2.22. The second-order valence-corrected chi connectivity index (χ2v) is 6.65. The van der Waals surface area contributed by atoms with Crippen molar-refractivity contribution in [2.24, 2.45) is 0 Å². The summed E-state index contributed by atoms with van der Waals surface area (Å²) in [4.78, 5) is 22.9. The van der Waals surface area contributed by atoms with Gasteiger partial charge < -0.3 is 4.74 Å². The number of ether oxygens (including phenoxy) is 1. The molecule has 2 aromatic carbocycles. The Morgan fingerprint density at radius 3 is 2.55 bits per heavy atom. The predicted octanol–water partition coefficient (Wildman–Crippen LogP) is 4.89. The number of carbonyl (C=O) groups excluding carboxylic acids is 1. The van der Waals surface area contributed by atoms with Crippen LogP contribution in [-0.2, 0) is 11.3 Å². The zero-order chi connectivity index (χ0) is 20.2. The number of imidazole rings is 1. The van der Waals surface area contributed by atoms with Crippen molar-refractivity contribution in [2.45, 2.75) is 20.4 Å². The Morgan fingerprint density at radius 2 is 1.83 bits per heavy atom. The molecule has 0 radical (unpaired) electrons. The maximum Gasteiger partial charge on any atom is 0.414 e. The Hall–Kier alpha value is -3.67. The first-order valence-electron chi connectivity index (χ1n) is 9.55. The first-order chi connectivity index (χ1) is 14.2. The standard InChI is InChI=1S/C23H22N4O2/c1-3-29-23(28)26(16-18-7-5-4-6-8-18)19-9-11-20(12-10-19)27-17(2)25-21-15-24-14-13-22(21)27/h4-15H,3,16H2,1-2H3. The van der Waals surface area contributed by atoms with Crippen LogP contribution in [0.1, 0.15) is 18.3 Å². The predicted molar refractivity (Wildman–Crippen MR) is 113 cm³/mol. The third kappa shape index (κ3) is 3.82. The number of benzene rings is 2. The van der Waals surface area contributed by atoms with Crippen molar-refractivity contribution in [1.29, 1.82) is 0 Å². The van der Waals surface area contributed by atoms with Gasteiger partial charge in [-0.3, -0.25) is 14.5 Å². The minimum atomic E-state index is -0.362. The highest BCUT2D eigenvalue weighted by molar-refractivity contribution is 5.88. The fraction of sp³-hybridized carbons (Fsp3) is 0.174. The Balaban J connectivity index is 1.68. The molecule has 4 rings (SSSR count). The number of aryl methyl sites for hydroxylation is 1. The molecule has 0 bridgehead atoms. The second kappa shape index (κ2) is 8.14. The van der Waals surface area contributed by atoms with Crippen LogP contribution in [0, 0.1) is 6.92 Å². The third-order valence-corrected chi connectivity index (χ3v) is 4.72. The molecule has 29 heavy (non-hydrogen) atoms. The molecule has 0 aliphatic rings. The summed E-state index contributed by atoms with van der Waals surface area (Å²) in [7, 11) is 0. The summed E-state index contributed by atoms with van der Waals surface area (Å²) in [5.74, 6) is 0.882. The van der Waals surface area contributed by atoms with Crippen LogP contribution in [-0.4, -0.2) is 27.2 Å². The van der Waals surface area contributed by atoms with Crippen molar-refractivity contribution < 1.29 is 9.53 Å². The SMILES string of the molecule is CCOC(=O)N(Cc1ccccc1)c1ccc(-n2c(C)nc3cnccc32)cc1. The lowest BCUT2D eigenvalue weighted by atomic mass is 10.2. The summed E-state index contributed by atoms with van der Waals surface area (Å²) in [6.07, 6.45) is 3.16. The van der Waals surface area contributed by atoms with E-state index in [1.54, 1.807) is 17.3 Å². The Labute approximate surface area is 169 Å². The van der Waals surface area contributed by atoms with Crippen LogP contribution in [0.4, 0.5) is 10.5 Å². The zero-order valence-corrected chi connectivity index (χ0v) is 16.4. The lowest BCUT2D eigenvalue weighted by molar-refractivity contribution is 0.159. The molecule has 2 heterocycles. The molecular formula is C23H22N4O2. The molecule has 1 amide bonds. The number of pyridine rings is 1. The van der Waals surface area contributed by atoms with Crippen LogP contribution >= 0.6 is 0 Å². The third-order valence-electron chi connectivity index (χ3n) is 4.72. The molecule has 0 unspecified atom stereocenters. The van der Waals surface area contributed by atoms with Gasteiger partial charge in [0.2, 0.25) is 0 Å². The highest BCUT2D eigenvalue weighted by Gasteiger charge is 2.18. The van der Waals surface area contributed by atoms with Gasteiger partial charge in [0.1, 0.15) is 11.3 Å². The Bertz CT molecular complexity index is 1120. The number of aromatic nitrogens is 3. The number of carbonyl (C=O) groups is 1. The molecule has 6 heteroatoms. The van der Waals surface area contributed by atoms with Gasteiger partial charge in [-0.15, -0.1) is 0 Å². The minimum Gasteiger partial charge on any atom is -0.449 e. The van der Waals surface area contributed by atoms with E-state index in [-0.39, 0.29) is 6.09 Å². The monoisotopic (exact) mass is 386 g/mol. The number of nitrogens with zero attached hydrogens (tertiary/aromatic N) is 4. The van der Waals surface area contributed by atoms with Crippen molar-refractivity contribution in [1.82, 2.24) is 14.5 Å². The number of hydrogen-bond donors (Lipinski definition) is 0. The summed E-state index contributed by atoms with van der Waals surface area (Å²) in [5, 5.41) is 0. The molecular weight excluding hydrogens is 364 g/mol. The molecule has 0 spiro atoms. The number of amides is 1. The molecule has 146 valence electrons. The first kappa shape index (κ1) is 18.7. The van der Waals surface area contributed by atoms with Crippen LogP contribution in [0.15, 0.2) is 73.1 Å². The summed E-state index contributed by atoms with van der Waals surface area (Å²) < 4.78 is 7.35. The van der Waals surface area contributed by atoms with Crippen molar-refractivity contribution in [3.63, 3.8) is 0 Å². The molecule has 6 nitrogen and oxygen atoms in total. The quantitative estimate of drug-likeness (QED) is 0.490. The van der Waals surface area contributed by atoms with Gasteiger partial charge in [0.25, 0.3) is 0 Å². The van der Waals surface area contributed by atoms with Crippen LogP contribution < -0.4 is 4.90 Å². The number of anilines is 1. The average Bonchev–Trinajstić information content (AvgIpc) is 3.09. The van der Waals surface area contributed by atoms with Gasteiger partial charge in [-0.1, -0.05) is 30.3 Å². The van der Waals surface area contributed by atoms with Crippen LogP contribution in [0.25, 0.3) is 16.7 Å². The van der Waals surface area contributed by atoms with Gasteiger partial charge in [-0.2, -0.15) is 0 Å².